The second-order valence-electron chi connectivity index (χ2n) is 6.66. The Balaban J connectivity index is 1.84. The third-order valence-corrected chi connectivity index (χ3v) is 5.08. The van der Waals surface area contributed by atoms with Gasteiger partial charge in [0.25, 0.3) is 5.91 Å². The topological polar surface area (TPSA) is 49.9 Å². The number of piperidine rings is 1. The molecular formula is C18H24N2O3. The van der Waals surface area contributed by atoms with Crippen LogP contribution in [0.25, 0.3) is 0 Å². The highest BCUT2D eigenvalue weighted by molar-refractivity contribution is 5.96. The van der Waals surface area contributed by atoms with E-state index in [1.807, 2.05) is 34.9 Å². The first-order chi connectivity index (χ1) is 11.0. The normalized spacial score (nSPS) is 23.6. The predicted molar refractivity (Wildman–Crippen MR) is 87.5 cm³/mol. The number of fused-ring (bicyclic) bond motifs is 4. The van der Waals surface area contributed by atoms with Crippen LogP contribution in [0.15, 0.2) is 18.2 Å². The minimum absolute atomic E-state index is 0.0743. The zero-order valence-electron chi connectivity index (χ0n) is 14.0. The number of hydrogen-bond acceptors (Lipinski definition) is 3. The highest BCUT2D eigenvalue weighted by Gasteiger charge is 2.38. The van der Waals surface area contributed by atoms with Crippen LogP contribution in [-0.4, -0.2) is 54.4 Å². The molecule has 0 radical (unpaired) electrons. The summed E-state index contributed by atoms with van der Waals surface area (Å²) in [5, 5.41) is 0. The minimum atomic E-state index is 0.0743. The van der Waals surface area contributed by atoms with Gasteiger partial charge >= 0.3 is 0 Å². The van der Waals surface area contributed by atoms with Crippen LogP contribution in [0, 0.1) is 12.8 Å². The van der Waals surface area contributed by atoms with Gasteiger partial charge < -0.3 is 14.5 Å². The van der Waals surface area contributed by atoms with E-state index in [1.165, 1.54) is 0 Å². The molecule has 3 heterocycles. The fraction of sp³-hybridized carbons (Fsp3) is 0.556. The maximum Gasteiger partial charge on any atom is 0.254 e. The van der Waals surface area contributed by atoms with Gasteiger partial charge in [-0.1, -0.05) is 0 Å². The molecule has 4 rings (SSSR count). The molecule has 0 unspecified atom stereocenters. The molecule has 2 atom stereocenters. The van der Waals surface area contributed by atoms with E-state index in [9.17, 15) is 9.59 Å². The largest absolute Gasteiger partial charge is 0.497 e. The van der Waals surface area contributed by atoms with Crippen molar-refractivity contribution < 1.29 is 14.3 Å². The van der Waals surface area contributed by atoms with Crippen molar-refractivity contribution >= 4 is 11.8 Å². The second kappa shape index (κ2) is 6.22. The molecule has 3 fully saturated rings. The van der Waals surface area contributed by atoms with Crippen LogP contribution in [-0.2, 0) is 4.79 Å². The lowest BCUT2D eigenvalue weighted by atomic mass is 9.94. The van der Waals surface area contributed by atoms with Crippen LogP contribution >= 0.6 is 0 Å². The molecule has 0 N–H and O–H groups in total. The van der Waals surface area contributed by atoms with Crippen LogP contribution in [0.4, 0.5) is 0 Å². The Labute approximate surface area is 137 Å². The number of carbonyl (C=O) groups is 2. The fourth-order valence-corrected chi connectivity index (χ4v) is 3.75. The van der Waals surface area contributed by atoms with E-state index in [0.29, 0.717) is 12.5 Å². The number of nitrogens with zero attached hydrogens (tertiary/aromatic N) is 2. The highest BCUT2D eigenvalue weighted by atomic mass is 16.5. The van der Waals surface area contributed by atoms with Gasteiger partial charge in [-0.2, -0.15) is 0 Å². The smallest absolute Gasteiger partial charge is 0.254 e. The Morgan fingerprint density at radius 1 is 1.17 bits per heavy atom. The van der Waals surface area contributed by atoms with Gasteiger partial charge in [-0.25, -0.2) is 0 Å². The number of benzene rings is 1. The van der Waals surface area contributed by atoms with E-state index in [2.05, 4.69) is 0 Å². The summed E-state index contributed by atoms with van der Waals surface area (Å²) < 4.78 is 5.22. The first-order valence-electron chi connectivity index (χ1n) is 8.20. The summed E-state index contributed by atoms with van der Waals surface area (Å²) in [7, 11) is 1.63. The predicted octanol–water partition coefficient (Wildman–Crippen LogP) is 2.09. The Bertz CT molecular complexity index is 629. The van der Waals surface area contributed by atoms with Gasteiger partial charge in [0.15, 0.2) is 0 Å². The number of aryl methyl sites for hydroxylation is 1. The fourth-order valence-electron chi connectivity index (χ4n) is 3.75. The average molecular weight is 316 g/mol. The van der Waals surface area contributed by atoms with E-state index >= 15 is 0 Å². The zero-order valence-corrected chi connectivity index (χ0v) is 14.0. The van der Waals surface area contributed by atoms with Crippen LogP contribution in [0.5, 0.6) is 5.75 Å². The highest BCUT2D eigenvalue weighted by Crippen LogP contribution is 2.30. The third kappa shape index (κ3) is 3.05. The second-order valence-corrected chi connectivity index (χ2v) is 6.66. The Kier molecular flexibility index (Phi) is 4.28. The summed E-state index contributed by atoms with van der Waals surface area (Å²) >= 11 is 0. The quantitative estimate of drug-likeness (QED) is 0.839. The van der Waals surface area contributed by atoms with Crippen molar-refractivity contribution in [2.45, 2.75) is 32.7 Å². The summed E-state index contributed by atoms with van der Waals surface area (Å²) in [6.45, 7) is 5.74. The molecule has 0 saturated carbocycles. The van der Waals surface area contributed by atoms with Gasteiger partial charge in [0.05, 0.1) is 7.11 Å². The molecule has 3 aliphatic heterocycles. The third-order valence-electron chi connectivity index (χ3n) is 5.08. The van der Waals surface area contributed by atoms with E-state index in [1.54, 1.807) is 14.0 Å². The van der Waals surface area contributed by atoms with Crippen LogP contribution in [0.3, 0.4) is 0 Å². The minimum Gasteiger partial charge on any atom is -0.497 e. The number of carbonyl (C=O) groups excluding carboxylic acids is 2. The number of rotatable bonds is 2. The van der Waals surface area contributed by atoms with Crippen molar-refractivity contribution in [3.63, 3.8) is 0 Å². The molecule has 1 aromatic rings. The molecule has 5 heteroatoms. The van der Waals surface area contributed by atoms with Crippen LogP contribution in [0.2, 0.25) is 0 Å². The molecular weight excluding hydrogens is 292 g/mol. The van der Waals surface area contributed by atoms with E-state index in [-0.39, 0.29) is 17.9 Å². The van der Waals surface area contributed by atoms with Gasteiger partial charge in [-0.05, 0) is 49.4 Å². The number of amides is 2. The van der Waals surface area contributed by atoms with Crippen LogP contribution in [0.1, 0.15) is 35.7 Å². The molecule has 3 aliphatic rings. The van der Waals surface area contributed by atoms with Crippen molar-refractivity contribution in [3.8, 4) is 5.75 Å². The molecule has 3 saturated heterocycles. The first-order valence-corrected chi connectivity index (χ1v) is 8.20. The molecule has 5 nitrogen and oxygen atoms in total. The lowest BCUT2D eigenvalue weighted by Crippen LogP contribution is -2.47. The monoisotopic (exact) mass is 316 g/mol. The lowest BCUT2D eigenvalue weighted by Gasteiger charge is -2.36. The zero-order chi connectivity index (χ0) is 16.6. The molecule has 124 valence electrons. The summed E-state index contributed by atoms with van der Waals surface area (Å²) in [5.41, 5.74) is 1.66. The van der Waals surface area contributed by atoms with Crippen molar-refractivity contribution in [1.29, 1.82) is 0 Å². The van der Waals surface area contributed by atoms with Crippen molar-refractivity contribution in [2.24, 2.45) is 5.92 Å². The van der Waals surface area contributed by atoms with E-state index in [0.717, 1.165) is 42.8 Å². The maximum absolute atomic E-state index is 13.0. The van der Waals surface area contributed by atoms with Gasteiger partial charge in [0.1, 0.15) is 5.75 Å². The molecule has 0 spiro atoms. The molecule has 2 bridgehead atoms. The van der Waals surface area contributed by atoms with Crippen molar-refractivity contribution in [1.82, 2.24) is 9.80 Å². The average Bonchev–Trinajstić information content (AvgIpc) is 2.86. The van der Waals surface area contributed by atoms with Gasteiger partial charge in [-0.3, -0.25) is 9.59 Å². The Hall–Kier alpha value is -2.04. The Morgan fingerprint density at radius 3 is 2.61 bits per heavy atom. The number of ether oxygens (including phenoxy) is 1. The summed E-state index contributed by atoms with van der Waals surface area (Å²) in [6.07, 6.45) is 2.08. The molecule has 0 aliphatic carbocycles. The lowest BCUT2D eigenvalue weighted by molar-refractivity contribution is -0.129. The molecule has 1 aromatic carbocycles. The number of methoxy groups -OCH3 is 1. The van der Waals surface area contributed by atoms with E-state index < -0.39 is 0 Å². The number of hydrogen-bond donors (Lipinski definition) is 0. The summed E-state index contributed by atoms with van der Waals surface area (Å²) in [4.78, 5) is 28.6. The van der Waals surface area contributed by atoms with Crippen molar-refractivity contribution in [3.05, 3.63) is 29.3 Å². The first kappa shape index (κ1) is 15.8. The Morgan fingerprint density at radius 2 is 1.96 bits per heavy atom. The molecule has 23 heavy (non-hydrogen) atoms. The van der Waals surface area contributed by atoms with Gasteiger partial charge in [0, 0.05) is 38.2 Å². The molecule has 0 aromatic heterocycles. The van der Waals surface area contributed by atoms with Gasteiger partial charge in [0.2, 0.25) is 5.91 Å². The van der Waals surface area contributed by atoms with Crippen molar-refractivity contribution in [2.75, 3.05) is 26.7 Å². The van der Waals surface area contributed by atoms with Crippen LogP contribution < -0.4 is 4.74 Å². The summed E-state index contributed by atoms with van der Waals surface area (Å²) in [6, 6.07) is 5.70. The molecule has 2 amide bonds. The maximum atomic E-state index is 13.0. The van der Waals surface area contributed by atoms with E-state index in [4.69, 9.17) is 4.74 Å². The summed E-state index contributed by atoms with van der Waals surface area (Å²) in [5.74, 6) is 1.33. The SMILES string of the molecule is COc1ccc(C(=O)N2C[C@@H]3CC[C@H]2CN(C(C)=O)C3)c(C)c1. The standard InChI is InChI=1S/C18H24N2O3/c1-12-8-16(23-3)6-7-17(12)18(22)20-10-14-4-5-15(20)11-19(9-14)13(2)21/h6-8,14-15H,4-5,9-11H2,1-3H3/t14-,15+/m1/s1. The van der Waals surface area contributed by atoms with Gasteiger partial charge in [-0.15, -0.1) is 0 Å².